The number of nitrogens with zero attached hydrogens (tertiary/aromatic N) is 1. The van der Waals surface area contributed by atoms with Gasteiger partial charge in [0, 0.05) is 24.6 Å². The number of hydrogen-bond acceptors (Lipinski definition) is 4. The zero-order valence-electron chi connectivity index (χ0n) is 10.9. The molecule has 2 atom stereocenters. The summed E-state index contributed by atoms with van der Waals surface area (Å²) in [5.74, 6) is -0.741. The van der Waals surface area contributed by atoms with Crippen molar-refractivity contribution in [1.29, 1.82) is 0 Å². The summed E-state index contributed by atoms with van der Waals surface area (Å²) in [6.07, 6.45) is 4.55. The van der Waals surface area contributed by atoms with Gasteiger partial charge in [0.15, 0.2) is 0 Å². The number of fused-ring (bicyclic) bond motifs is 1. The maximum atomic E-state index is 11.6. The van der Waals surface area contributed by atoms with Crippen LogP contribution in [0.3, 0.4) is 0 Å². The molecule has 3 heterocycles. The maximum absolute atomic E-state index is 11.6. The van der Waals surface area contributed by atoms with Crippen LogP contribution in [0, 0.1) is 0 Å². The molecule has 104 valence electrons. The molecule has 1 aromatic heterocycles. The van der Waals surface area contributed by atoms with Crippen LogP contribution in [0.25, 0.3) is 0 Å². The zero-order chi connectivity index (χ0) is 13.2. The van der Waals surface area contributed by atoms with E-state index in [1.807, 2.05) is 11.4 Å². The minimum atomic E-state index is -0.741. The second-order valence-electron chi connectivity index (χ2n) is 5.27. The van der Waals surface area contributed by atoms with Crippen molar-refractivity contribution in [3.63, 3.8) is 0 Å². The average Bonchev–Trinajstić information content (AvgIpc) is 2.87. The molecular weight excluding hydrogens is 262 g/mol. The third-order valence-electron chi connectivity index (χ3n) is 4.01. The van der Waals surface area contributed by atoms with Gasteiger partial charge in [-0.05, 0) is 42.7 Å². The first kappa shape index (κ1) is 13.1. The first-order chi connectivity index (χ1) is 9.25. The van der Waals surface area contributed by atoms with Crippen LogP contribution in [0.1, 0.15) is 35.7 Å². The topological polar surface area (TPSA) is 49.8 Å². The SMILES string of the molecule is O=C(O)C1c2ccsc2CCN1CC1CCCCO1. The minimum absolute atomic E-state index is 0.204. The van der Waals surface area contributed by atoms with Crippen molar-refractivity contribution in [2.75, 3.05) is 19.7 Å². The summed E-state index contributed by atoms with van der Waals surface area (Å²) in [6, 6.07) is 1.48. The molecule has 0 aromatic carbocycles. The summed E-state index contributed by atoms with van der Waals surface area (Å²) in [4.78, 5) is 14.9. The van der Waals surface area contributed by atoms with Crippen LogP contribution in [-0.2, 0) is 16.0 Å². The lowest BCUT2D eigenvalue weighted by atomic mass is 9.98. The van der Waals surface area contributed by atoms with E-state index in [-0.39, 0.29) is 6.10 Å². The molecule has 0 saturated carbocycles. The van der Waals surface area contributed by atoms with Crippen LogP contribution in [0.5, 0.6) is 0 Å². The second kappa shape index (κ2) is 5.61. The quantitative estimate of drug-likeness (QED) is 0.923. The molecular formula is C14H19NO3S. The third-order valence-corrected chi connectivity index (χ3v) is 5.01. The number of rotatable bonds is 3. The number of thiophene rings is 1. The fraction of sp³-hybridized carbons (Fsp3) is 0.643. The van der Waals surface area contributed by atoms with Gasteiger partial charge < -0.3 is 9.84 Å². The number of carboxylic acids is 1. The Kier molecular flexibility index (Phi) is 3.86. The highest BCUT2D eigenvalue weighted by molar-refractivity contribution is 7.10. The van der Waals surface area contributed by atoms with Crippen LogP contribution in [-0.4, -0.2) is 41.8 Å². The fourth-order valence-corrected chi connectivity index (χ4v) is 3.97. The Morgan fingerprint density at radius 1 is 1.53 bits per heavy atom. The van der Waals surface area contributed by atoms with E-state index >= 15 is 0 Å². The van der Waals surface area contributed by atoms with Crippen molar-refractivity contribution in [2.24, 2.45) is 0 Å². The monoisotopic (exact) mass is 281 g/mol. The van der Waals surface area contributed by atoms with Gasteiger partial charge in [-0.2, -0.15) is 0 Å². The Morgan fingerprint density at radius 3 is 3.16 bits per heavy atom. The molecule has 0 bridgehead atoms. The molecule has 1 N–H and O–H groups in total. The third kappa shape index (κ3) is 2.68. The van der Waals surface area contributed by atoms with Gasteiger partial charge in [-0.25, -0.2) is 0 Å². The lowest BCUT2D eigenvalue weighted by Crippen LogP contribution is -2.44. The summed E-state index contributed by atoms with van der Waals surface area (Å²) < 4.78 is 5.75. The fourth-order valence-electron chi connectivity index (χ4n) is 3.07. The van der Waals surface area contributed by atoms with Crippen molar-refractivity contribution in [2.45, 2.75) is 37.8 Å². The second-order valence-corrected chi connectivity index (χ2v) is 6.27. The Labute approximate surface area is 117 Å². The van der Waals surface area contributed by atoms with Gasteiger partial charge >= 0.3 is 5.97 Å². The Hall–Kier alpha value is -0.910. The number of carbonyl (C=O) groups is 1. The molecule has 0 amide bonds. The highest BCUT2D eigenvalue weighted by Crippen LogP contribution is 2.34. The van der Waals surface area contributed by atoms with Crippen molar-refractivity contribution >= 4 is 17.3 Å². The van der Waals surface area contributed by atoms with E-state index in [2.05, 4.69) is 4.90 Å². The van der Waals surface area contributed by atoms with Gasteiger partial charge in [0.25, 0.3) is 0 Å². The largest absolute Gasteiger partial charge is 0.480 e. The highest BCUT2D eigenvalue weighted by atomic mass is 32.1. The average molecular weight is 281 g/mol. The Bertz CT molecular complexity index is 453. The van der Waals surface area contributed by atoms with E-state index in [4.69, 9.17) is 4.74 Å². The maximum Gasteiger partial charge on any atom is 0.325 e. The van der Waals surface area contributed by atoms with Crippen LogP contribution < -0.4 is 0 Å². The normalized spacial score (nSPS) is 28.0. The van der Waals surface area contributed by atoms with E-state index in [0.717, 1.165) is 44.5 Å². The molecule has 4 nitrogen and oxygen atoms in total. The smallest absolute Gasteiger partial charge is 0.325 e. The van der Waals surface area contributed by atoms with E-state index in [9.17, 15) is 9.90 Å². The molecule has 0 spiro atoms. The van der Waals surface area contributed by atoms with Crippen molar-refractivity contribution in [3.05, 3.63) is 21.9 Å². The standard InChI is InChI=1S/C14H19NO3S/c16-14(17)13-11-5-8-19-12(11)4-6-15(13)9-10-3-1-2-7-18-10/h5,8,10,13H,1-4,6-7,9H2,(H,16,17). The predicted molar refractivity (Wildman–Crippen MR) is 73.6 cm³/mol. The van der Waals surface area contributed by atoms with Crippen LogP contribution in [0.4, 0.5) is 0 Å². The van der Waals surface area contributed by atoms with Gasteiger partial charge in [-0.15, -0.1) is 11.3 Å². The van der Waals surface area contributed by atoms with Crippen molar-refractivity contribution < 1.29 is 14.6 Å². The van der Waals surface area contributed by atoms with Crippen molar-refractivity contribution in [3.8, 4) is 0 Å². The molecule has 2 aliphatic heterocycles. The van der Waals surface area contributed by atoms with Gasteiger partial charge in [0.05, 0.1) is 6.10 Å². The van der Waals surface area contributed by atoms with E-state index in [1.165, 1.54) is 11.3 Å². The first-order valence-electron chi connectivity index (χ1n) is 6.90. The molecule has 5 heteroatoms. The highest BCUT2D eigenvalue weighted by Gasteiger charge is 2.35. The number of carboxylic acid groups (broad SMARTS) is 1. The molecule has 0 radical (unpaired) electrons. The summed E-state index contributed by atoms with van der Waals surface area (Å²) in [5.41, 5.74) is 0.986. The predicted octanol–water partition coefficient (Wildman–Crippen LogP) is 2.30. The van der Waals surface area contributed by atoms with Crippen LogP contribution in [0.15, 0.2) is 11.4 Å². The number of ether oxygens (including phenoxy) is 1. The number of aliphatic carboxylic acids is 1. The van der Waals surface area contributed by atoms with E-state index in [1.54, 1.807) is 11.3 Å². The molecule has 2 aliphatic rings. The molecule has 0 aliphatic carbocycles. The summed E-state index contributed by atoms with van der Waals surface area (Å²) in [7, 11) is 0. The Morgan fingerprint density at radius 2 is 2.42 bits per heavy atom. The molecule has 1 saturated heterocycles. The molecule has 1 aromatic rings. The van der Waals surface area contributed by atoms with Crippen molar-refractivity contribution in [1.82, 2.24) is 4.90 Å². The van der Waals surface area contributed by atoms with Gasteiger partial charge in [0.2, 0.25) is 0 Å². The van der Waals surface area contributed by atoms with E-state index in [0.29, 0.717) is 0 Å². The van der Waals surface area contributed by atoms with Gasteiger partial charge in [0.1, 0.15) is 6.04 Å². The molecule has 1 fully saturated rings. The molecule has 2 unspecified atom stereocenters. The number of hydrogen-bond donors (Lipinski definition) is 1. The molecule has 19 heavy (non-hydrogen) atoms. The van der Waals surface area contributed by atoms with Gasteiger partial charge in [-0.1, -0.05) is 0 Å². The minimum Gasteiger partial charge on any atom is -0.480 e. The zero-order valence-corrected chi connectivity index (χ0v) is 11.7. The Balaban J connectivity index is 1.75. The van der Waals surface area contributed by atoms with Crippen LogP contribution in [0.2, 0.25) is 0 Å². The lowest BCUT2D eigenvalue weighted by molar-refractivity contribution is -0.145. The first-order valence-corrected chi connectivity index (χ1v) is 7.78. The van der Waals surface area contributed by atoms with E-state index < -0.39 is 12.0 Å². The molecule has 3 rings (SSSR count). The summed E-state index contributed by atoms with van der Waals surface area (Å²) in [6.45, 7) is 2.39. The summed E-state index contributed by atoms with van der Waals surface area (Å²) >= 11 is 1.67. The lowest BCUT2D eigenvalue weighted by Gasteiger charge is -2.36. The van der Waals surface area contributed by atoms with Gasteiger partial charge in [-0.3, -0.25) is 9.69 Å². The van der Waals surface area contributed by atoms with Crippen LogP contribution >= 0.6 is 11.3 Å². The summed E-state index contributed by atoms with van der Waals surface area (Å²) in [5, 5.41) is 11.5.